The second kappa shape index (κ2) is 11.6. The van der Waals surface area contributed by atoms with Crippen LogP contribution >= 0.6 is 0 Å². The van der Waals surface area contributed by atoms with E-state index in [2.05, 4.69) is 44.1 Å². The van der Waals surface area contributed by atoms with Crippen molar-refractivity contribution in [3.05, 3.63) is 30.1 Å². The van der Waals surface area contributed by atoms with Gasteiger partial charge in [0, 0.05) is 58.1 Å². The number of hydrogen-bond donors (Lipinski definition) is 1. The van der Waals surface area contributed by atoms with Crippen molar-refractivity contribution in [1.29, 1.82) is 0 Å². The number of piperidine rings is 1. The van der Waals surface area contributed by atoms with E-state index in [4.69, 9.17) is 9.72 Å². The zero-order valence-corrected chi connectivity index (χ0v) is 22.0. The summed E-state index contributed by atoms with van der Waals surface area (Å²) in [7, 11) is 1.72. The van der Waals surface area contributed by atoms with Crippen LogP contribution in [0.25, 0.3) is 11.0 Å². The third kappa shape index (κ3) is 6.37. The van der Waals surface area contributed by atoms with Gasteiger partial charge < -0.3 is 19.3 Å². The molecule has 1 N–H and O–H groups in total. The number of nitrogens with zero attached hydrogens (tertiary/aromatic N) is 4. The number of amides is 1. The van der Waals surface area contributed by atoms with Crippen molar-refractivity contribution in [1.82, 2.24) is 19.4 Å². The van der Waals surface area contributed by atoms with E-state index in [0.717, 1.165) is 49.9 Å². The number of hydrogen-bond acceptors (Lipinski definition) is 5. The van der Waals surface area contributed by atoms with E-state index in [1.165, 1.54) is 0 Å². The highest BCUT2D eigenvalue weighted by molar-refractivity contribution is 5.95. The molecule has 0 aliphatic carbocycles. The van der Waals surface area contributed by atoms with Gasteiger partial charge in [-0.1, -0.05) is 26.0 Å². The molecule has 2 heterocycles. The molecule has 1 aliphatic rings. The van der Waals surface area contributed by atoms with Gasteiger partial charge in [0.15, 0.2) is 5.82 Å². The first-order chi connectivity index (χ1) is 16.2. The first-order valence-electron chi connectivity index (χ1n) is 12.8. The molecule has 3 rings (SSSR count). The molecule has 0 unspecified atom stereocenters. The Kier molecular flexibility index (Phi) is 9.13. The number of carbonyl (C=O) groups excluding carboxylic acids is 1. The highest BCUT2D eigenvalue weighted by Crippen LogP contribution is 2.29. The molecule has 0 radical (unpaired) electrons. The fourth-order valence-corrected chi connectivity index (χ4v) is 4.98. The van der Waals surface area contributed by atoms with Gasteiger partial charge in [-0.05, 0) is 64.0 Å². The first-order valence-corrected chi connectivity index (χ1v) is 12.8. The lowest BCUT2D eigenvalue weighted by Crippen LogP contribution is -2.58. The van der Waals surface area contributed by atoms with E-state index in [-0.39, 0.29) is 30.0 Å². The summed E-state index contributed by atoms with van der Waals surface area (Å²) in [6.07, 6.45) is 2.68. The maximum absolute atomic E-state index is 14.1. The Morgan fingerprint density at radius 2 is 1.97 bits per heavy atom. The SMILES string of the molecule is COCCCCn1c(C(=O)N(CC(C)C)[C@H]2C[C@@H](CO)CN(C(C)(C)C)C2)nc2ccccc21. The molecule has 1 amide bonds. The molecule has 2 aromatic rings. The number of ether oxygens (including phenoxy) is 1. The third-order valence-electron chi connectivity index (χ3n) is 6.81. The quantitative estimate of drug-likeness (QED) is 0.529. The van der Waals surface area contributed by atoms with Crippen LogP contribution in [-0.4, -0.2) is 81.9 Å². The van der Waals surface area contributed by atoms with Crippen LogP contribution in [0.1, 0.15) is 64.5 Å². The van der Waals surface area contributed by atoms with Gasteiger partial charge in [-0.2, -0.15) is 0 Å². The fourth-order valence-electron chi connectivity index (χ4n) is 4.98. The summed E-state index contributed by atoms with van der Waals surface area (Å²) >= 11 is 0. The number of aliphatic hydroxyl groups excluding tert-OH is 1. The molecule has 7 nitrogen and oxygen atoms in total. The van der Waals surface area contributed by atoms with E-state index < -0.39 is 0 Å². The highest BCUT2D eigenvalue weighted by atomic mass is 16.5. The summed E-state index contributed by atoms with van der Waals surface area (Å²) < 4.78 is 7.31. The van der Waals surface area contributed by atoms with Gasteiger partial charge in [-0.25, -0.2) is 4.98 Å². The minimum atomic E-state index is -0.0207. The van der Waals surface area contributed by atoms with Crippen LogP contribution in [0.5, 0.6) is 0 Å². The Morgan fingerprint density at radius 1 is 1.24 bits per heavy atom. The highest BCUT2D eigenvalue weighted by Gasteiger charge is 2.38. The van der Waals surface area contributed by atoms with Crippen LogP contribution in [0.15, 0.2) is 24.3 Å². The largest absolute Gasteiger partial charge is 0.396 e. The van der Waals surface area contributed by atoms with Crippen LogP contribution in [-0.2, 0) is 11.3 Å². The second-order valence-corrected chi connectivity index (χ2v) is 11.1. The van der Waals surface area contributed by atoms with Crippen molar-refractivity contribution < 1.29 is 14.6 Å². The Balaban J connectivity index is 1.96. The number of aliphatic hydroxyl groups is 1. The van der Waals surface area contributed by atoms with Gasteiger partial charge >= 0.3 is 0 Å². The lowest BCUT2D eigenvalue weighted by Gasteiger charge is -2.47. The average Bonchev–Trinajstić information content (AvgIpc) is 3.17. The van der Waals surface area contributed by atoms with Crippen LogP contribution in [0.3, 0.4) is 0 Å². The molecule has 0 spiro atoms. The molecule has 7 heteroatoms. The summed E-state index contributed by atoms with van der Waals surface area (Å²) in [4.78, 5) is 23.4. The monoisotopic (exact) mass is 472 g/mol. The van der Waals surface area contributed by atoms with Crippen LogP contribution in [0.4, 0.5) is 0 Å². The molecule has 1 aliphatic heterocycles. The molecule has 1 fully saturated rings. The van der Waals surface area contributed by atoms with Crippen molar-refractivity contribution in [2.45, 2.75) is 72.0 Å². The lowest BCUT2D eigenvalue weighted by molar-refractivity contribution is 0.000242. The van der Waals surface area contributed by atoms with Gasteiger partial charge in [0.2, 0.25) is 0 Å². The maximum atomic E-state index is 14.1. The predicted octanol–water partition coefficient (Wildman–Crippen LogP) is 4.04. The van der Waals surface area contributed by atoms with Crippen molar-refractivity contribution in [2.24, 2.45) is 11.8 Å². The van der Waals surface area contributed by atoms with Gasteiger partial charge in [0.25, 0.3) is 5.91 Å². The number of carbonyl (C=O) groups is 1. The van der Waals surface area contributed by atoms with Crippen molar-refractivity contribution >= 4 is 16.9 Å². The topological polar surface area (TPSA) is 70.8 Å². The number of rotatable bonds is 10. The van der Waals surface area contributed by atoms with E-state index in [0.29, 0.717) is 24.9 Å². The number of para-hydroxylation sites is 2. The van der Waals surface area contributed by atoms with Crippen molar-refractivity contribution in [2.75, 3.05) is 40.0 Å². The van der Waals surface area contributed by atoms with Gasteiger partial charge in [0.1, 0.15) is 0 Å². The molecule has 1 aromatic carbocycles. The minimum absolute atomic E-state index is 0.00547. The number of unbranched alkanes of at least 4 members (excludes halogenated alkanes) is 1. The smallest absolute Gasteiger partial charge is 0.290 e. The Labute approximate surface area is 205 Å². The van der Waals surface area contributed by atoms with Gasteiger partial charge in [-0.3, -0.25) is 9.69 Å². The predicted molar refractivity (Wildman–Crippen MR) is 137 cm³/mol. The Hall–Kier alpha value is -1.96. The summed E-state index contributed by atoms with van der Waals surface area (Å²) in [6.45, 7) is 14.9. The number of methoxy groups -OCH3 is 1. The molecule has 1 aromatic heterocycles. The fraction of sp³-hybridized carbons (Fsp3) is 0.704. The molecule has 34 heavy (non-hydrogen) atoms. The van der Waals surface area contributed by atoms with Crippen molar-refractivity contribution in [3.8, 4) is 0 Å². The Bertz CT molecular complexity index is 934. The molecule has 2 atom stereocenters. The second-order valence-electron chi connectivity index (χ2n) is 11.1. The number of fused-ring (bicyclic) bond motifs is 1. The summed E-state index contributed by atoms with van der Waals surface area (Å²) in [5, 5.41) is 10.0. The average molecular weight is 473 g/mol. The summed E-state index contributed by atoms with van der Waals surface area (Å²) in [5.41, 5.74) is 1.84. The zero-order valence-electron chi connectivity index (χ0n) is 22.0. The molecular formula is C27H44N4O3. The minimum Gasteiger partial charge on any atom is -0.396 e. The third-order valence-corrected chi connectivity index (χ3v) is 6.81. The first kappa shape index (κ1) is 26.6. The van der Waals surface area contributed by atoms with Crippen molar-refractivity contribution in [3.63, 3.8) is 0 Å². The number of aryl methyl sites for hydroxylation is 1. The normalized spacial score (nSPS) is 19.8. The Morgan fingerprint density at radius 3 is 2.62 bits per heavy atom. The number of benzene rings is 1. The van der Waals surface area contributed by atoms with E-state index in [1.807, 2.05) is 29.2 Å². The van der Waals surface area contributed by atoms with Crippen LogP contribution in [0, 0.1) is 11.8 Å². The van der Waals surface area contributed by atoms with Gasteiger partial charge in [-0.15, -0.1) is 0 Å². The van der Waals surface area contributed by atoms with E-state index in [9.17, 15) is 9.90 Å². The number of aromatic nitrogens is 2. The number of likely N-dealkylation sites (tertiary alicyclic amines) is 1. The van der Waals surface area contributed by atoms with Crippen LogP contribution < -0.4 is 0 Å². The lowest BCUT2D eigenvalue weighted by atomic mass is 9.89. The van der Waals surface area contributed by atoms with Gasteiger partial charge in [0.05, 0.1) is 11.0 Å². The summed E-state index contributed by atoms with van der Waals surface area (Å²) in [5.74, 6) is 1.01. The van der Waals surface area contributed by atoms with E-state index >= 15 is 0 Å². The molecule has 190 valence electrons. The molecule has 0 bridgehead atoms. The molecular weight excluding hydrogens is 428 g/mol. The van der Waals surface area contributed by atoms with E-state index in [1.54, 1.807) is 7.11 Å². The molecule has 1 saturated heterocycles. The zero-order chi connectivity index (χ0) is 24.9. The summed E-state index contributed by atoms with van der Waals surface area (Å²) in [6, 6.07) is 8.05. The standard InChI is InChI=1S/C27H44N4O3/c1-20(2)16-31(22-15-21(19-32)17-29(18-22)27(3,4)5)26(33)25-28-23-11-7-8-12-24(23)30(25)13-9-10-14-34-6/h7-8,11-12,20-22,32H,9-10,13-19H2,1-6H3/t21-,22+/m1/s1. The van der Waals surface area contributed by atoms with Crippen LogP contribution in [0.2, 0.25) is 0 Å². The number of imidazole rings is 1. The maximum Gasteiger partial charge on any atom is 0.290 e. The molecule has 0 saturated carbocycles.